The number of benzene rings is 1. The molecule has 0 aliphatic heterocycles. The van der Waals surface area contributed by atoms with E-state index in [1.54, 1.807) is 52.1 Å². The van der Waals surface area contributed by atoms with Crippen LogP contribution in [-0.4, -0.2) is 35.3 Å². The van der Waals surface area contributed by atoms with Crippen molar-refractivity contribution >= 4 is 23.2 Å². The maximum Gasteiger partial charge on any atom is 0.256 e. The van der Waals surface area contributed by atoms with Gasteiger partial charge in [-0.3, -0.25) is 14.4 Å². The van der Waals surface area contributed by atoms with Crippen LogP contribution in [0.3, 0.4) is 0 Å². The molecule has 1 amide bonds. The predicted molar refractivity (Wildman–Crippen MR) is 103 cm³/mol. The van der Waals surface area contributed by atoms with E-state index in [4.69, 9.17) is 4.74 Å². The molecule has 1 aliphatic carbocycles. The molecule has 2 N–H and O–H groups in total. The predicted octanol–water partition coefficient (Wildman–Crippen LogP) is 2.97. The largest absolute Gasteiger partial charge is 0.497 e. The summed E-state index contributed by atoms with van der Waals surface area (Å²) in [5, 5.41) is 13.2. The number of allylic oxidation sites excluding steroid dienone is 4. The van der Waals surface area contributed by atoms with E-state index in [2.05, 4.69) is 5.32 Å². The van der Waals surface area contributed by atoms with Crippen LogP contribution in [0.2, 0.25) is 0 Å². The second-order valence-electron chi connectivity index (χ2n) is 6.97. The molecular formula is C21H25NO5. The summed E-state index contributed by atoms with van der Waals surface area (Å²) in [6.45, 7) is 6.26. The van der Waals surface area contributed by atoms with E-state index in [1.165, 1.54) is 6.92 Å². The molecule has 0 saturated carbocycles. The van der Waals surface area contributed by atoms with E-state index in [9.17, 15) is 19.5 Å². The van der Waals surface area contributed by atoms with Crippen LogP contribution in [0.1, 0.15) is 40.5 Å². The third-order valence-electron chi connectivity index (χ3n) is 5.01. The molecule has 6 heteroatoms. The summed E-state index contributed by atoms with van der Waals surface area (Å²) in [7, 11) is 1.55. The van der Waals surface area contributed by atoms with Crippen molar-refractivity contribution in [3.8, 4) is 5.75 Å². The molecule has 144 valence electrons. The number of hydrogen-bond donors (Lipinski definition) is 2. The first-order chi connectivity index (χ1) is 12.6. The highest BCUT2D eigenvalue weighted by molar-refractivity contribution is 6.24. The highest BCUT2D eigenvalue weighted by Crippen LogP contribution is 2.29. The minimum atomic E-state index is -1.69. The summed E-state index contributed by atoms with van der Waals surface area (Å²) in [6, 6.07) is 6.73. The van der Waals surface area contributed by atoms with Gasteiger partial charge in [0.1, 0.15) is 11.4 Å². The average molecular weight is 371 g/mol. The quantitative estimate of drug-likeness (QED) is 0.750. The minimum absolute atomic E-state index is 0.0208. The highest BCUT2D eigenvalue weighted by atomic mass is 16.5. The van der Waals surface area contributed by atoms with Crippen molar-refractivity contribution in [1.82, 2.24) is 0 Å². The van der Waals surface area contributed by atoms with Crippen LogP contribution in [0.5, 0.6) is 5.75 Å². The molecular weight excluding hydrogens is 346 g/mol. The van der Waals surface area contributed by atoms with Crippen LogP contribution in [-0.2, 0) is 14.4 Å². The van der Waals surface area contributed by atoms with E-state index < -0.39 is 11.5 Å². The highest BCUT2D eigenvalue weighted by Gasteiger charge is 2.33. The van der Waals surface area contributed by atoms with Gasteiger partial charge in [0.2, 0.25) is 0 Å². The molecule has 6 nitrogen and oxygen atoms in total. The summed E-state index contributed by atoms with van der Waals surface area (Å²) in [6.07, 6.45) is 0.164. The van der Waals surface area contributed by atoms with E-state index in [-0.39, 0.29) is 24.4 Å². The standard InChI is InChI=1S/C21H25NO5/c1-12-13(2)19(24)17(14(3)18(12)23)10-11-21(4,26)20(25)22-15-6-8-16(27-5)9-7-15/h6-9,26H,10-11H2,1-5H3,(H,22,25). The van der Waals surface area contributed by atoms with Gasteiger partial charge in [0, 0.05) is 28.0 Å². The van der Waals surface area contributed by atoms with Gasteiger partial charge in [-0.2, -0.15) is 0 Å². The Morgan fingerprint density at radius 1 is 1.04 bits per heavy atom. The summed E-state index contributed by atoms with van der Waals surface area (Å²) in [5.41, 5.74) is 0.443. The number of aliphatic hydroxyl groups is 1. The molecule has 0 saturated heterocycles. The topological polar surface area (TPSA) is 92.7 Å². The zero-order valence-electron chi connectivity index (χ0n) is 16.3. The first-order valence-electron chi connectivity index (χ1n) is 8.73. The SMILES string of the molecule is COc1ccc(NC(=O)C(C)(O)CCC2=C(C)C(=O)C(C)=C(C)C2=O)cc1. The third kappa shape index (κ3) is 4.34. The van der Waals surface area contributed by atoms with Gasteiger partial charge >= 0.3 is 0 Å². The van der Waals surface area contributed by atoms with Crippen molar-refractivity contribution in [2.45, 2.75) is 46.1 Å². The van der Waals surface area contributed by atoms with Gasteiger partial charge < -0.3 is 15.2 Å². The molecule has 1 aromatic carbocycles. The lowest BCUT2D eigenvalue weighted by Gasteiger charge is -2.25. The summed E-state index contributed by atoms with van der Waals surface area (Å²) in [4.78, 5) is 37.1. The molecule has 1 unspecified atom stereocenters. The molecule has 27 heavy (non-hydrogen) atoms. The minimum Gasteiger partial charge on any atom is -0.497 e. The molecule has 0 aromatic heterocycles. The molecule has 0 heterocycles. The zero-order valence-corrected chi connectivity index (χ0v) is 16.3. The number of carbonyl (C=O) groups is 3. The van der Waals surface area contributed by atoms with Crippen LogP contribution in [0.15, 0.2) is 46.6 Å². The van der Waals surface area contributed by atoms with Gasteiger partial charge in [0.25, 0.3) is 5.91 Å². The molecule has 2 rings (SSSR count). The smallest absolute Gasteiger partial charge is 0.256 e. The molecule has 1 aliphatic rings. The van der Waals surface area contributed by atoms with Crippen molar-refractivity contribution in [2.24, 2.45) is 0 Å². The first-order valence-corrected chi connectivity index (χ1v) is 8.73. The van der Waals surface area contributed by atoms with Crippen LogP contribution in [0.25, 0.3) is 0 Å². The number of anilines is 1. The number of amides is 1. The Morgan fingerprint density at radius 2 is 1.59 bits per heavy atom. The lowest BCUT2D eigenvalue weighted by atomic mass is 9.82. The van der Waals surface area contributed by atoms with Crippen molar-refractivity contribution in [3.05, 3.63) is 46.6 Å². The fourth-order valence-electron chi connectivity index (χ4n) is 2.88. The number of rotatable bonds is 6. The number of ether oxygens (including phenoxy) is 1. The van der Waals surface area contributed by atoms with Gasteiger partial charge in [-0.05, 0) is 64.8 Å². The normalized spacial score (nSPS) is 17.1. The molecule has 0 bridgehead atoms. The number of ketones is 2. The summed E-state index contributed by atoms with van der Waals surface area (Å²) in [5.74, 6) is -0.286. The maximum atomic E-state index is 12.5. The molecule has 0 radical (unpaired) electrons. The van der Waals surface area contributed by atoms with E-state index in [0.29, 0.717) is 33.7 Å². The van der Waals surface area contributed by atoms with Crippen molar-refractivity contribution in [2.75, 3.05) is 12.4 Å². The van der Waals surface area contributed by atoms with Gasteiger partial charge in [-0.1, -0.05) is 0 Å². The number of Topliss-reactive ketones (excluding diaryl/α,β-unsaturated/α-hetero) is 2. The van der Waals surface area contributed by atoms with E-state index >= 15 is 0 Å². The van der Waals surface area contributed by atoms with E-state index in [0.717, 1.165) is 0 Å². The molecule has 0 spiro atoms. The second kappa shape index (κ2) is 7.88. The zero-order chi connectivity index (χ0) is 20.4. The number of methoxy groups -OCH3 is 1. The molecule has 0 fully saturated rings. The van der Waals surface area contributed by atoms with Gasteiger partial charge in [-0.25, -0.2) is 0 Å². The van der Waals surface area contributed by atoms with Gasteiger partial charge in [0.15, 0.2) is 11.6 Å². The van der Waals surface area contributed by atoms with Crippen LogP contribution in [0, 0.1) is 0 Å². The Morgan fingerprint density at radius 3 is 2.15 bits per heavy atom. The van der Waals surface area contributed by atoms with Crippen molar-refractivity contribution in [1.29, 1.82) is 0 Å². The monoisotopic (exact) mass is 371 g/mol. The maximum absolute atomic E-state index is 12.5. The van der Waals surface area contributed by atoms with Crippen molar-refractivity contribution in [3.63, 3.8) is 0 Å². The Balaban J connectivity index is 2.08. The third-order valence-corrected chi connectivity index (χ3v) is 5.01. The van der Waals surface area contributed by atoms with Crippen molar-refractivity contribution < 1.29 is 24.2 Å². The number of hydrogen-bond acceptors (Lipinski definition) is 5. The fraction of sp³-hybridized carbons (Fsp3) is 0.381. The number of nitrogens with one attached hydrogen (secondary N) is 1. The lowest BCUT2D eigenvalue weighted by Crippen LogP contribution is -2.40. The second-order valence-corrected chi connectivity index (χ2v) is 6.97. The fourth-order valence-corrected chi connectivity index (χ4v) is 2.88. The Bertz CT molecular complexity index is 844. The van der Waals surface area contributed by atoms with E-state index in [1.807, 2.05) is 0 Å². The Kier molecular flexibility index (Phi) is 6.01. The lowest BCUT2D eigenvalue weighted by molar-refractivity contribution is -0.133. The Hall–Kier alpha value is -2.73. The van der Waals surface area contributed by atoms with Crippen LogP contribution >= 0.6 is 0 Å². The molecule has 1 atom stereocenters. The van der Waals surface area contributed by atoms with Gasteiger partial charge in [-0.15, -0.1) is 0 Å². The average Bonchev–Trinajstić information content (AvgIpc) is 2.65. The Labute approximate surface area is 158 Å². The van der Waals surface area contributed by atoms with Gasteiger partial charge in [0.05, 0.1) is 7.11 Å². The van der Waals surface area contributed by atoms with Crippen LogP contribution in [0.4, 0.5) is 5.69 Å². The molecule has 1 aromatic rings. The summed E-state index contributed by atoms with van der Waals surface area (Å²) >= 11 is 0. The number of carbonyl (C=O) groups excluding carboxylic acids is 3. The first kappa shape index (κ1) is 20.6. The van der Waals surface area contributed by atoms with Crippen LogP contribution < -0.4 is 10.1 Å². The summed E-state index contributed by atoms with van der Waals surface area (Å²) < 4.78 is 5.06.